The van der Waals surface area contributed by atoms with E-state index in [-0.39, 0.29) is 12.6 Å². The summed E-state index contributed by atoms with van der Waals surface area (Å²) in [6.45, 7) is 5.35. The van der Waals surface area contributed by atoms with Crippen molar-refractivity contribution in [3.63, 3.8) is 0 Å². The number of hydrogen-bond acceptors (Lipinski definition) is 2. The van der Waals surface area contributed by atoms with Gasteiger partial charge in [0.1, 0.15) is 0 Å². The Morgan fingerprint density at radius 1 is 1.24 bits per heavy atom. The smallest absolute Gasteiger partial charge is 0.0584 e. The van der Waals surface area contributed by atoms with E-state index < -0.39 is 0 Å². The molecule has 0 amide bonds. The van der Waals surface area contributed by atoms with E-state index >= 15 is 0 Å². The Morgan fingerprint density at radius 3 is 2.53 bits per heavy atom. The van der Waals surface area contributed by atoms with Crippen molar-refractivity contribution < 1.29 is 5.11 Å². The monoisotopic (exact) mass is 233 g/mol. The summed E-state index contributed by atoms with van der Waals surface area (Å²) in [5.74, 6) is 0.609. The molecule has 0 radical (unpaired) electrons. The molecular formula is C15H23NO. The molecule has 0 aromatic heterocycles. The summed E-state index contributed by atoms with van der Waals surface area (Å²) in [6, 6.07) is 10.4. The summed E-state index contributed by atoms with van der Waals surface area (Å²) in [7, 11) is 0. The number of aliphatic hydroxyl groups excluding tert-OH is 1. The Bertz CT molecular complexity index is 319. The van der Waals surface area contributed by atoms with Crippen LogP contribution in [0.2, 0.25) is 0 Å². The molecule has 94 valence electrons. The topological polar surface area (TPSA) is 32.3 Å². The van der Waals surface area contributed by atoms with Gasteiger partial charge in [0, 0.05) is 12.6 Å². The third-order valence-electron chi connectivity index (χ3n) is 2.61. The van der Waals surface area contributed by atoms with Gasteiger partial charge < -0.3 is 10.4 Å². The van der Waals surface area contributed by atoms with Crippen molar-refractivity contribution in [3.05, 3.63) is 42.0 Å². The molecule has 2 heteroatoms. The number of nitrogens with one attached hydrogen (secondary N) is 1. The van der Waals surface area contributed by atoms with Crippen molar-refractivity contribution in [2.45, 2.75) is 26.3 Å². The van der Waals surface area contributed by atoms with Gasteiger partial charge in [-0.25, -0.2) is 0 Å². The second-order valence-electron chi connectivity index (χ2n) is 4.73. The molecule has 0 bridgehead atoms. The number of aliphatic hydroxyl groups is 1. The molecule has 0 aliphatic carbocycles. The summed E-state index contributed by atoms with van der Waals surface area (Å²) < 4.78 is 0. The van der Waals surface area contributed by atoms with Crippen molar-refractivity contribution in [1.82, 2.24) is 5.32 Å². The van der Waals surface area contributed by atoms with E-state index in [0.29, 0.717) is 5.92 Å². The van der Waals surface area contributed by atoms with E-state index in [9.17, 15) is 5.11 Å². The highest BCUT2D eigenvalue weighted by Gasteiger charge is 2.07. The van der Waals surface area contributed by atoms with Crippen LogP contribution in [0.4, 0.5) is 0 Å². The van der Waals surface area contributed by atoms with Gasteiger partial charge in [-0.1, -0.05) is 56.3 Å². The molecule has 2 N–H and O–H groups in total. The van der Waals surface area contributed by atoms with Crippen LogP contribution in [0.5, 0.6) is 0 Å². The molecule has 17 heavy (non-hydrogen) atoms. The van der Waals surface area contributed by atoms with Crippen LogP contribution in [0.1, 0.15) is 25.8 Å². The van der Waals surface area contributed by atoms with E-state index in [2.05, 4.69) is 43.4 Å². The first kappa shape index (κ1) is 13.9. The van der Waals surface area contributed by atoms with Crippen molar-refractivity contribution in [1.29, 1.82) is 0 Å². The zero-order valence-electron chi connectivity index (χ0n) is 10.8. The van der Waals surface area contributed by atoms with Gasteiger partial charge in [0.15, 0.2) is 0 Å². The van der Waals surface area contributed by atoms with Crippen LogP contribution in [0.15, 0.2) is 36.4 Å². The number of benzene rings is 1. The lowest BCUT2D eigenvalue weighted by molar-refractivity contribution is 0.228. The van der Waals surface area contributed by atoms with E-state index in [0.717, 1.165) is 13.0 Å². The molecule has 1 aromatic rings. The number of hydrogen-bond donors (Lipinski definition) is 2. The van der Waals surface area contributed by atoms with Gasteiger partial charge in [-0.05, 0) is 17.9 Å². The zero-order valence-corrected chi connectivity index (χ0v) is 10.8. The van der Waals surface area contributed by atoms with Gasteiger partial charge in [0.25, 0.3) is 0 Å². The van der Waals surface area contributed by atoms with Gasteiger partial charge in [0.2, 0.25) is 0 Å². The Hall–Kier alpha value is -1.12. The van der Waals surface area contributed by atoms with Crippen LogP contribution >= 0.6 is 0 Å². The van der Waals surface area contributed by atoms with Crippen LogP contribution in [-0.2, 0) is 0 Å². The largest absolute Gasteiger partial charge is 0.395 e. The minimum atomic E-state index is 0.204. The molecule has 2 nitrogen and oxygen atoms in total. The first-order chi connectivity index (χ1) is 8.22. The van der Waals surface area contributed by atoms with Gasteiger partial charge in [0.05, 0.1) is 6.61 Å². The molecular weight excluding hydrogens is 210 g/mol. The molecule has 1 atom stereocenters. The van der Waals surface area contributed by atoms with Gasteiger partial charge >= 0.3 is 0 Å². The van der Waals surface area contributed by atoms with Crippen LogP contribution in [0.3, 0.4) is 0 Å². The lowest BCUT2D eigenvalue weighted by Crippen LogP contribution is -2.33. The maximum Gasteiger partial charge on any atom is 0.0584 e. The Labute approximate surface area is 104 Å². The van der Waals surface area contributed by atoms with Crippen LogP contribution in [0, 0.1) is 5.92 Å². The van der Waals surface area contributed by atoms with Gasteiger partial charge in [-0.2, -0.15) is 0 Å². The van der Waals surface area contributed by atoms with E-state index in [1.54, 1.807) is 0 Å². The highest BCUT2D eigenvalue weighted by molar-refractivity contribution is 5.48. The van der Waals surface area contributed by atoms with Gasteiger partial charge in [-0.15, -0.1) is 0 Å². The maximum atomic E-state index is 9.20. The second kappa shape index (κ2) is 8.04. The lowest BCUT2D eigenvalue weighted by Gasteiger charge is -2.16. The van der Waals surface area contributed by atoms with Gasteiger partial charge in [-0.3, -0.25) is 0 Å². The highest BCUT2D eigenvalue weighted by atomic mass is 16.3. The van der Waals surface area contributed by atoms with Crippen LogP contribution in [-0.4, -0.2) is 24.3 Å². The van der Waals surface area contributed by atoms with Crippen molar-refractivity contribution in [2.75, 3.05) is 13.2 Å². The molecule has 1 unspecified atom stereocenters. The molecule has 0 spiro atoms. The SMILES string of the molecule is CC(C)CC(CO)NCC=Cc1ccccc1. The van der Waals surface area contributed by atoms with Crippen molar-refractivity contribution in [2.24, 2.45) is 5.92 Å². The summed E-state index contributed by atoms with van der Waals surface area (Å²) in [4.78, 5) is 0. The molecule has 0 saturated carbocycles. The van der Waals surface area contributed by atoms with Crippen LogP contribution in [0.25, 0.3) is 6.08 Å². The third-order valence-corrected chi connectivity index (χ3v) is 2.61. The second-order valence-corrected chi connectivity index (χ2v) is 4.73. The van der Waals surface area contributed by atoms with Crippen molar-refractivity contribution >= 4 is 6.08 Å². The molecule has 1 rings (SSSR count). The van der Waals surface area contributed by atoms with Crippen LogP contribution < -0.4 is 5.32 Å². The zero-order chi connectivity index (χ0) is 12.5. The minimum absolute atomic E-state index is 0.204. The average molecular weight is 233 g/mol. The van der Waals surface area contributed by atoms with E-state index in [4.69, 9.17) is 0 Å². The fourth-order valence-corrected chi connectivity index (χ4v) is 1.79. The first-order valence-corrected chi connectivity index (χ1v) is 6.28. The normalized spacial score (nSPS) is 13.4. The minimum Gasteiger partial charge on any atom is -0.395 e. The average Bonchev–Trinajstić information content (AvgIpc) is 2.34. The Kier molecular flexibility index (Phi) is 6.60. The Morgan fingerprint density at radius 2 is 1.94 bits per heavy atom. The fourth-order valence-electron chi connectivity index (χ4n) is 1.79. The Balaban J connectivity index is 2.29. The first-order valence-electron chi connectivity index (χ1n) is 6.28. The number of rotatable bonds is 7. The fraction of sp³-hybridized carbons (Fsp3) is 0.467. The lowest BCUT2D eigenvalue weighted by atomic mass is 10.0. The molecule has 0 saturated heterocycles. The summed E-state index contributed by atoms with van der Waals surface area (Å²) >= 11 is 0. The van der Waals surface area contributed by atoms with Crippen molar-refractivity contribution in [3.8, 4) is 0 Å². The molecule has 0 fully saturated rings. The predicted molar refractivity (Wildman–Crippen MR) is 73.8 cm³/mol. The summed E-state index contributed by atoms with van der Waals surface area (Å²) in [5.41, 5.74) is 1.21. The molecule has 0 heterocycles. The summed E-state index contributed by atoms with van der Waals surface area (Å²) in [5, 5.41) is 12.5. The summed E-state index contributed by atoms with van der Waals surface area (Å²) in [6.07, 6.45) is 5.20. The quantitative estimate of drug-likeness (QED) is 0.759. The molecule has 1 aromatic carbocycles. The van der Waals surface area contributed by atoms with E-state index in [1.165, 1.54) is 5.56 Å². The molecule has 0 aliphatic rings. The maximum absolute atomic E-state index is 9.20. The van der Waals surface area contributed by atoms with E-state index in [1.807, 2.05) is 18.2 Å². The molecule has 0 aliphatic heterocycles. The highest BCUT2D eigenvalue weighted by Crippen LogP contribution is 2.04. The standard InChI is InChI=1S/C15H23NO/c1-13(2)11-15(12-17)16-10-6-9-14-7-4-3-5-8-14/h3-9,13,15-17H,10-12H2,1-2H3. The predicted octanol–water partition coefficient (Wildman–Crippen LogP) is 2.70. The third kappa shape index (κ3) is 6.25.